The highest BCUT2D eigenvalue weighted by atomic mass is 35.5. The smallest absolute Gasteiger partial charge is 0.254 e. The molecule has 2 aliphatic heterocycles. The summed E-state index contributed by atoms with van der Waals surface area (Å²) in [4.78, 5) is 14.4. The zero-order valence-electron chi connectivity index (χ0n) is 13.2. The van der Waals surface area contributed by atoms with Crippen LogP contribution in [0.4, 0.5) is 0 Å². The first-order chi connectivity index (χ1) is 12.0. The Bertz CT molecular complexity index is 854. The molecule has 6 nitrogen and oxygen atoms in total. The van der Waals surface area contributed by atoms with Crippen molar-refractivity contribution < 1.29 is 4.79 Å². The number of hydrogen-bond donors (Lipinski definition) is 1. The minimum Gasteiger partial charge on any atom is -0.347 e. The maximum Gasteiger partial charge on any atom is 0.254 e. The molecule has 2 bridgehead atoms. The predicted octanol–water partition coefficient (Wildman–Crippen LogP) is 3.00. The van der Waals surface area contributed by atoms with Crippen LogP contribution in [0.1, 0.15) is 29.6 Å². The topological polar surface area (TPSA) is 74.0 Å². The van der Waals surface area contributed by atoms with E-state index in [0.29, 0.717) is 21.3 Å². The van der Waals surface area contributed by atoms with Gasteiger partial charge in [0.1, 0.15) is 0 Å². The van der Waals surface area contributed by atoms with Crippen molar-refractivity contribution in [2.24, 2.45) is 0 Å². The van der Waals surface area contributed by atoms with Crippen molar-refractivity contribution in [3.05, 3.63) is 46.2 Å². The highest BCUT2D eigenvalue weighted by Gasteiger charge is 2.46. The number of rotatable bonds is 3. The molecular weight excluding hydrogens is 361 g/mol. The van der Waals surface area contributed by atoms with E-state index >= 15 is 0 Å². The van der Waals surface area contributed by atoms with E-state index in [1.807, 2.05) is 4.90 Å². The molecule has 0 unspecified atom stereocenters. The first-order valence-electron chi connectivity index (χ1n) is 8.05. The van der Waals surface area contributed by atoms with Crippen LogP contribution in [0.3, 0.4) is 0 Å². The highest BCUT2D eigenvalue weighted by Crippen LogP contribution is 2.37. The molecule has 4 rings (SSSR count). The number of nitriles is 1. The molecule has 3 atom stereocenters. The van der Waals surface area contributed by atoms with Crippen LogP contribution in [0.5, 0.6) is 0 Å². The van der Waals surface area contributed by atoms with Crippen LogP contribution in [-0.2, 0) is 0 Å². The Morgan fingerprint density at radius 3 is 2.72 bits per heavy atom. The molecule has 0 spiro atoms. The van der Waals surface area contributed by atoms with Gasteiger partial charge in [-0.05, 0) is 37.5 Å². The number of carbonyl (C=O) groups excluding carboxylic acids is 1. The lowest BCUT2D eigenvalue weighted by Crippen LogP contribution is -2.43. The maximum absolute atomic E-state index is 12.5. The second-order valence-corrected chi connectivity index (χ2v) is 7.30. The van der Waals surface area contributed by atoms with Gasteiger partial charge in [-0.25, -0.2) is 4.68 Å². The van der Waals surface area contributed by atoms with Crippen molar-refractivity contribution in [3.63, 3.8) is 0 Å². The number of aromatic nitrogens is 2. The van der Waals surface area contributed by atoms with Crippen molar-refractivity contribution in [1.29, 1.82) is 5.26 Å². The quantitative estimate of drug-likeness (QED) is 0.836. The molecule has 128 valence electrons. The third-order valence-corrected chi connectivity index (χ3v) is 5.36. The van der Waals surface area contributed by atoms with Crippen LogP contribution < -0.4 is 5.32 Å². The minimum atomic E-state index is -0.185. The van der Waals surface area contributed by atoms with E-state index in [9.17, 15) is 10.1 Å². The number of benzene rings is 1. The first kappa shape index (κ1) is 16.2. The lowest BCUT2D eigenvalue weighted by molar-refractivity contribution is 0.0928. The van der Waals surface area contributed by atoms with Gasteiger partial charge in [-0.15, -0.1) is 0 Å². The van der Waals surface area contributed by atoms with Crippen LogP contribution in [0.15, 0.2) is 30.6 Å². The van der Waals surface area contributed by atoms with Crippen molar-refractivity contribution in [2.45, 2.75) is 37.4 Å². The van der Waals surface area contributed by atoms with Gasteiger partial charge >= 0.3 is 0 Å². The molecule has 2 fully saturated rings. The summed E-state index contributed by atoms with van der Waals surface area (Å²) in [6.45, 7) is 0. The number of nitrogens with one attached hydrogen (secondary N) is 1. The first-order valence-corrected chi connectivity index (χ1v) is 8.81. The maximum atomic E-state index is 12.5. The number of nitrogens with zero attached hydrogens (tertiary/aromatic N) is 4. The van der Waals surface area contributed by atoms with Crippen LogP contribution >= 0.6 is 23.2 Å². The third kappa shape index (κ3) is 2.94. The molecule has 1 aromatic heterocycles. The van der Waals surface area contributed by atoms with Gasteiger partial charge in [-0.1, -0.05) is 23.2 Å². The average molecular weight is 376 g/mol. The summed E-state index contributed by atoms with van der Waals surface area (Å²) in [5.41, 5.74) is 1.15. The van der Waals surface area contributed by atoms with Gasteiger partial charge in [-0.3, -0.25) is 4.79 Å². The molecule has 3 heterocycles. The summed E-state index contributed by atoms with van der Waals surface area (Å²) in [6.07, 6.45) is 8.20. The summed E-state index contributed by atoms with van der Waals surface area (Å²) in [5, 5.41) is 17.5. The van der Waals surface area contributed by atoms with E-state index in [1.165, 1.54) is 6.20 Å². The van der Waals surface area contributed by atoms with Gasteiger partial charge < -0.3 is 10.2 Å². The Morgan fingerprint density at radius 1 is 1.28 bits per heavy atom. The summed E-state index contributed by atoms with van der Waals surface area (Å²) in [7, 11) is 0. The summed E-state index contributed by atoms with van der Waals surface area (Å²) in [6, 6.07) is 5.47. The number of hydrogen-bond acceptors (Lipinski definition) is 4. The average Bonchev–Trinajstić information content (AvgIpc) is 3.27. The molecular formula is C17H15Cl2N5O. The van der Waals surface area contributed by atoms with Crippen molar-refractivity contribution >= 4 is 29.1 Å². The lowest BCUT2D eigenvalue weighted by atomic mass is 9.95. The molecule has 0 aliphatic carbocycles. The molecule has 2 saturated heterocycles. The molecule has 1 N–H and O–H groups in total. The van der Waals surface area contributed by atoms with E-state index in [2.05, 4.69) is 16.6 Å². The van der Waals surface area contributed by atoms with Gasteiger partial charge in [-0.2, -0.15) is 10.4 Å². The highest BCUT2D eigenvalue weighted by molar-refractivity contribution is 6.34. The van der Waals surface area contributed by atoms with E-state index in [0.717, 1.165) is 19.3 Å². The van der Waals surface area contributed by atoms with Gasteiger partial charge in [0.2, 0.25) is 0 Å². The Kier molecular flexibility index (Phi) is 4.06. The Morgan fingerprint density at radius 2 is 2.04 bits per heavy atom. The second kappa shape index (κ2) is 6.25. The van der Waals surface area contributed by atoms with Gasteiger partial charge in [0.15, 0.2) is 6.19 Å². The van der Waals surface area contributed by atoms with E-state index < -0.39 is 0 Å². The molecule has 2 aliphatic rings. The monoisotopic (exact) mass is 375 g/mol. The number of amides is 1. The number of fused-ring (bicyclic) bond motifs is 2. The van der Waals surface area contributed by atoms with Gasteiger partial charge in [0.05, 0.1) is 29.5 Å². The largest absolute Gasteiger partial charge is 0.347 e. The van der Waals surface area contributed by atoms with Crippen LogP contribution in [-0.4, -0.2) is 38.7 Å². The molecule has 1 amide bonds. The van der Waals surface area contributed by atoms with Crippen LogP contribution in [0.25, 0.3) is 5.69 Å². The summed E-state index contributed by atoms with van der Waals surface area (Å²) >= 11 is 12.0. The Balaban J connectivity index is 1.49. The van der Waals surface area contributed by atoms with E-state index in [4.69, 9.17) is 23.2 Å². The van der Waals surface area contributed by atoms with Crippen molar-refractivity contribution in [1.82, 2.24) is 20.0 Å². The second-order valence-electron chi connectivity index (χ2n) is 6.42. The normalized spacial score (nSPS) is 24.4. The fourth-order valence-corrected chi connectivity index (χ4v) is 4.32. The lowest BCUT2D eigenvalue weighted by Gasteiger charge is -2.21. The molecule has 25 heavy (non-hydrogen) atoms. The molecule has 8 heteroatoms. The van der Waals surface area contributed by atoms with Crippen LogP contribution in [0.2, 0.25) is 10.0 Å². The molecule has 2 aromatic rings. The van der Waals surface area contributed by atoms with Crippen molar-refractivity contribution in [3.8, 4) is 11.9 Å². The standard InChI is InChI=1S/C17H15Cl2N5O/c18-11-3-12(19)5-14(4-11)24-8-10(7-21-24)17(25)22-15-6-13-1-2-16(15)23(13)9-20/h3-5,7-8,13,15-16H,1-2,6H2,(H,22,25)/t13-,15+,16+/m0/s1. The Hall–Kier alpha value is -2.23. The fourth-order valence-electron chi connectivity index (χ4n) is 3.80. The summed E-state index contributed by atoms with van der Waals surface area (Å²) < 4.78 is 1.56. The van der Waals surface area contributed by atoms with Crippen molar-refractivity contribution in [2.75, 3.05) is 0 Å². The zero-order chi connectivity index (χ0) is 17.6. The van der Waals surface area contributed by atoms with E-state index in [1.54, 1.807) is 29.1 Å². The molecule has 0 saturated carbocycles. The molecule has 0 radical (unpaired) electrons. The minimum absolute atomic E-state index is 0.00913. The molecule has 1 aromatic carbocycles. The number of carbonyl (C=O) groups is 1. The zero-order valence-corrected chi connectivity index (χ0v) is 14.7. The Labute approximate surface area is 154 Å². The fraction of sp³-hybridized carbons (Fsp3) is 0.353. The predicted molar refractivity (Wildman–Crippen MR) is 93.7 cm³/mol. The number of halogens is 2. The SMILES string of the molecule is N#CN1[C@H]2CC[C@@H]1[C@H](NC(=O)c1cnn(-c3cc(Cl)cc(Cl)c3)c1)C2. The van der Waals surface area contributed by atoms with Crippen LogP contribution in [0, 0.1) is 11.5 Å². The van der Waals surface area contributed by atoms with Gasteiger partial charge in [0.25, 0.3) is 5.91 Å². The van der Waals surface area contributed by atoms with E-state index in [-0.39, 0.29) is 24.0 Å². The van der Waals surface area contributed by atoms with Gasteiger partial charge in [0, 0.05) is 22.3 Å². The third-order valence-electron chi connectivity index (χ3n) is 4.93. The summed E-state index contributed by atoms with van der Waals surface area (Å²) in [5.74, 6) is -0.185.